The second-order valence-electron chi connectivity index (χ2n) is 7.47. The van der Waals surface area contributed by atoms with Gasteiger partial charge in [-0.25, -0.2) is 0 Å². The molecule has 0 N–H and O–H groups in total. The molecule has 3 heteroatoms. The molecule has 0 bridgehead atoms. The summed E-state index contributed by atoms with van der Waals surface area (Å²) in [6, 6.07) is 17.0. The average molecular weight is 339 g/mol. The van der Waals surface area contributed by atoms with E-state index < -0.39 is 8.07 Å². The van der Waals surface area contributed by atoms with Crippen LogP contribution in [0.4, 0.5) is 11.4 Å². The molecule has 0 fully saturated rings. The van der Waals surface area contributed by atoms with E-state index in [2.05, 4.69) is 85.3 Å². The second-order valence-corrected chi connectivity index (χ2v) is 12.6. The van der Waals surface area contributed by atoms with Gasteiger partial charge in [0.05, 0.1) is 19.4 Å². The lowest BCUT2D eigenvalue weighted by Crippen LogP contribution is -2.37. The minimum atomic E-state index is -1.24. The van der Waals surface area contributed by atoms with Crippen molar-refractivity contribution < 1.29 is 0 Å². The van der Waals surface area contributed by atoms with Crippen LogP contribution in [-0.4, -0.2) is 8.07 Å². The summed E-state index contributed by atoms with van der Waals surface area (Å²) in [5.74, 6) is 0. The third-order valence-corrected chi connectivity index (χ3v) is 6.33. The Morgan fingerprint density at radius 3 is 1.75 bits per heavy atom. The van der Waals surface area contributed by atoms with Gasteiger partial charge in [-0.2, -0.15) is 10.2 Å². The Hall–Kier alpha value is -1.74. The van der Waals surface area contributed by atoms with Crippen LogP contribution in [-0.2, 0) is 6.42 Å². The van der Waals surface area contributed by atoms with Gasteiger partial charge in [-0.1, -0.05) is 75.3 Å². The molecule has 2 aromatic rings. The number of benzene rings is 2. The first kappa shape index (κ1) is 18.6. The molecule has 24 heavy (non-hydrogen) atoms. The van der Waals surface area contributed by atoms with Gasteiger partial charge in [0.25, 0.3) is 0 Å². The molecule has 0 heterocycles. The third-order valence-electron chi connectivity index (χ3n) is 4.27. The van der Waals surface area contributed by atoms with E-state index in [4.69, 9.17) is 0 Å². The quantitative estimate of drug-likeness (QED) is 0.288. The van der Waals surface area contributed by atoms with E-state index >= 15 is 0 Å². The molecule has 0 radical (unpaired) electrons. The topological polar surface area (TPSA) is 24.7 Å². The van der Waals surface area contributed by atoms with E-state index in [9.17, 15) is 0 Å². The predicted molar refractivity (Wildman–Crippen MR) is 108 cm³/mol. The summed E-state index contributed by atoms with van der Waals surface area (Å²) in [7, 11) is -1.24. The Morgan fingerprint density at radius 1 is 0.708 bits per heavy atom. The van der Waals surface area contributed by atoms with Crippen molar-refractivity contribution in [3.8, 4) is 0 Å². The van der Waals surface area contributed by atoms with Crippen molar-refractivity contribution in [2.24, 2.45) is 10.2 Å². The monoisotopic (exact) mass is 338 g/mol. The Bertz CT molecular complexity index is 637. The van der Waals surface area contributed by atoms with E-state index in [0.29, 0.717) is 0 Å². The van der Waals surface area contributed by atoms with Crippen LogP contribution in [0, 0.1) is 0 Å². The second kappa shape index (κ2) is 8.93. The molecule has 0 unspecified atom stereocenters. The van der Waals surface area contributed by atoms with Crippen molar-refractivity contribution in [1.29, 1.82) is 0 Å². The molecule has 0 saturated heterocycles. The number of hydrogen-bond donors (Lipinski definition) is 0. The van der Waals surface area contributed by atoms with Crippen molar-refractivity contribution in [3.63, 3.8) is 0 Å². The molecule has 2 rings (SSSR count). The van der Waals surface area contributed by atoms with Crippen LogP contribution in [0.5, 0.6) is 0 Å². The molecular formula is C21H30N2Si. The third kappa shape index (κ3) is 6.04. The standard InChI is InChI=1S/C21H30N2Si/c1-5-6-7-8-9-18-10-12-19(13-11-18)22-23-20-14-16-21(17-15-20)24(2,3)4/h10-17H,5-9H2,1-4H3. The maximum absolute atomic E-state index is 4.36. The summed E-state index contributed by atoms with van der Waals surface area (Å²) >= 11 is 0. The minimum absolute atomic E-state index is 0.917. The molecule has 0 atom stereocenters. The minimum Gasteiger partial charge on any atom is -0.151 e. The van der Waals surface area contributed by atoms with Crippen molar-refractivity contribution in [1.82, 2.24) is 0 Å². The zero-order valence-corrected chi connectivity index (χ0v) is 16.5. The van der Waals surface area contributed by atoms with Crippen LogP contribution in [0.1, 0.15) is 38.2 Å². The summed E-state index contributed by atoms with van der Waals surface area (Å²) in [6.45, 7) is 9.31. The number of unbranched alkanes of at least 4 members (excludes halogenated alkanes) is 3. The lowest BCUT2D eigenvalue weighted by atomic mass is 10.1. The van der Waals surface area contributed by atoms with Crippen LogP contribution in [0.25, 0.3) is 0 Å². The summed E-state index contributed by atoms with van der Waals surface area (Å²) < 4.78 is 0. The fourth-order valence-corrected chi connectivity index (χ4v) is 3.80. The highest BCUT2D eigenvalue weighted by molar-refractivity contribution is 6.88. The normalized spacial score (nSPS) is 12.0. The first-order valence-corrected chi connectivity index (χ1v) is 12.6. The molecule has 2 aromatic carbocycles. The lowest BCUT2D eigenvalue weighted by molar-refractivity contribution is 0.667. The van der Waals surface area contributed by atoms with E-state index in [1.807, 2.05) is 0 Å². The largest absolute Gasteiger partial charge is 0.151 e. The molecule has 0 saturated carbocycles. The Labute approximate surface area is 148 Å². The highest BCUT2D eigenvalue weighted by atomic mass is 28.3. The Kier molecular flexibility index (Phi) is 6.92. The van der Waals surface area contributed by atoms with E-state index in [1.165, 1.54) is 36.4 Å². The van der Waals surface area contributed by atoms with Crippen LogP contribution < -0.4 is 5.19 Å². The lowest BCUT2D eigenvalue weighted by Gasteiger charge is -2.15. The summed E-state index contributed by atoms with van der Waals surface area (Å²) in [5, 5.41) is 10.2. The van der Waals surface area contributed by atoms with Gasteiger partial charge in [0.2, 0.25) is 0 Å². The molecule has 0 aliphatic rings. The van der Waals surface area contributed by atoms with Crippen molar-refractivity contribution in [2.45, 2.75) is 58.7 Å². The van der Waals surface area contributed by atoms with E-state index in [1.54, 1.807) is 0 Å². The van der Waals surface area contributed by atoms with Gasteiger partial charge in [0, 0.05) is 0 Å². The molecular weight excluding hydrogens is 308 g/mol. The van der Waals surface area contributed by atoms with Gasteiger partial charge in [-0.15, -0.1) is 0 Å². The summed E-state index contributed by atoms with van der Waals surface area (Å²) in [4.78, 5) is 0. The molecule has 0 spiro atoms. The van der Waals surface area contributed by atoms with Crippen LogP contribution >= 0.6 is 0 Å². The molecule has 0 aliphatic heterocycles. The highest BCUT2D eigenvalue weighted by Gasteiger charge is 2.15. The average Bonchev–Trinajstić information content (AvgIpc) is 2.57. The Morgan fingerprint density at radius 2 is 1.25 bits per heavy atom. The zero-order chi connectivity index (χ0) is 17.4. The van der Waals surface area contributed by atoms with Crippen molar-refractivity contribution >= 4 is 24.6 Å². The smallest absolute Gasteiger partial charge is 0.0857 e. The fraction of sp³-hybridized carbons (Fsp3) is 0.429. The molecule has 0 aromatic heterocycles. The zero-order valence-electron chi connectivity index (χ0n) is 15.5. The number of azo groups is 1. The SMILES string of the molecule is CCCCCCc1ccc(N=Nc2ccc([Si](C)(C)C)cc2)cc1. The number of aryl methyl sites for hydroxylation is 1. The first-order chi connectivity index (χ1) is 11.5. The molecule has 0 amide bonds. The maximum Gasteiger partial charge on any atom is 0.0857 e. The summed E-state index contributed by atoms with van der Waals surface area (Å²) in [6.07, 6.45) is 6.39. The van der Waals surface area contributed by atoms with Crippen molar-refractivity contribution in [3.05, 3.63) is 54.1 Å². The van der Waals surface area contributed by atoms with Gasteiger partial charge in [-0.3, -0.25) is 0 Å². The summed E-state index contributed by atoms with van der Waals surface area (Å²) in [5.41, 5.74) is 3.23. The Balaban J connectivity index is 1.92. The van der Waals surface area contributed by atoms with Gasteiger partial charge >= 0.3 is 0 Å². The molecule has 0 aliphatic carbocycles. The van der Waals surface area contributed by atoms with Crippen molar-refractivity contribution in [2.75, 3.05) is 0 Å². The first-order valence-electron chi connectivity index (χ1n) is 9.10. The van der Waals surface area contributed by atoms with Gasteiger partial charge < -0.3 is 0 Å². The van der Waals surface area contributed by atoms with Gasteiger partial charge in [0.1, 0.15) is 0 Å². The highest BCUT2D eigenvalue weighted by Crippen LogP contribution is 2.19. The van der Waals surface area contributed by atoms with Crippen LogP contribution in [0.2, 0.25) is 19.6 Å². The number of nitrogens with zero attached hydrogens (tertiary/aromatic N) is 2. The van der Waals surface area contributed by atoms with E-state index in [0.717, 1.165) is 17.8 Å². The van der Waals surface area contributed by atoms with Crippen LogP contribution in [0.3, 0.4) is 0 Å². The molecule has 2 nitrogen and oxygen atoms in total. The van der Waals surface area contributed by atoms with Gasteiger partial charge in [0.15, 0.2) is 0 Å². The molecule has 128 valence electrons. The van der Waals surface area contributed by atoms with E-state index in [-0.39, 0.29) is 0 Å². The number of rotatable bonds is 8. The number of hydrogen-bond acceptors (Lipinski definition) is 2. The fourth-order valence-electron chi connectivity index (χ4n) is 2.63. The van der Waals surface area contributed by atoms with Crippen LogP contribution in [0.15, 0.2) is 58.8 Å². The van der Waals surface area contributed by atoms with Gasteiger partial charge in [-0.05, 0) is 42.7 Å². The predicted octanol–water partition coefficient (Wildman–Crippen LogP) is 6.77. The maximum atomic E-state index is 4.36.